The summed E-state index contributed by atoms with van der Waals surface area (Å²) in [7, 11) is 0. The van der Waals surface area contributed by atoms with E-state index in [9.17, 15) is 18.8 Å². The zero-order valence-corrected chi connectivity index (χ0v) is 13.2. The standard InChI is InChI=1S/C16H20FN3O4/c17-13-4-2-12(3-5-13)15(23)19-8-1-9-20(11-10-19)16(24)18-7-6-14(21)22/h2-5H,1,6-11H2,(H,18,24)(H,21,22). The lowest BCUT2D eigenvalue weighted by Gasteiger charge is -2.22. The van der Waals surface area contributed by atoms with Gasteiger partial charge in [0.1, 0.15) is 5.82 Å². The third-order valence-corrected chi connectivity index (χ3v) is 3.78. The van der Waals surface area contributed by atoms with E-state index < -0.39 is 11.8 Å². The molecule has 7 nitrogen and oxygen atoms in total. The number of hydrogen-bond acceptors (Lipinski definition) is 3. The van der Waals surface area contributed by atoms with Crippen LogP contribution in [-0.4, -0.2) is 65.5 Å². The van der Waals surface area contributed by atoms with Gasteiger partial charge in [-0.1, -0.05) is 0 Å². The maximum absolute atomic E-state index is 12.9. The van der Waals surface area contributed by atoms with Gasteiger partial charge >= 0.3 is 12.0 Å². The number of nitrogens with zero attached hydrogens (tertiary/aromatic N) is 2. The summed E-state index contributed by atoms with van der Waals surface area (Å²) < 4.78 is 12.9. The molecule has 130 valence electrons. The van der Waals surface area contributed by atoms with E-state index in [0.29, 0.717) is 38.2 Å². The van der Waals surface area contributed by atoms with Crippen LogP contribution in [0.25, 0.3) is 0 Å². The van der Waals surface area contributed by atoms with Gasteiger partial charge in [-0.25, -0.2) is 9.18 Å². The highest BCUT2D eigenvalue weighted by Crippen LogP contribution is 2.10. The molecule has 24 heavy (non-hydrogen) atoms. The number of benzene rings is 1. The molecule has 1 saturated heterocycles. The fourth-order valence-corrected chi connectivity index (χ4v) is 2.49. The van der Waals surface area contributed by atoms with Gasteiger partial charge in [0.15, 0.2) is 0 Å². The molecule has 1 heterocycles. The van der Waals surface area contributed by atoms with Gasteiger partial charge in [-0.3, -0.25) is 9.59 Å². The zero-order valence-electron chi connectivity index (χ0n) is 13.2. The number of nitrogens with one attached hydrogen (secondary N) is 1. The normalized spacial score (nSPS) is 14.9. The molecule has 1 aliphatic rings. The van der Waals surface area contributed by atoms with Crippen molar-refractivity contribution in [2.75, 3.05) is 32.7 Å². The molecular weight excluding hydrogens is 317 g/mol. The van der Waals surface area contributed by atoms with Crippen LogP contribution in [0.1, 0.15) is 23.2 Å². The van der Waals surface area contributed by atoms with Crippen molar-refractivity contribution in [3.8, 4) is 0 Å². The molecule has 0 spiro atoms. The first-order chi connectivity index (χ1) is 11.5. The van der Waals surface area contributed by atoms with E-state index in [1.165, 1.54) is 24.3 Å². The third-order valence-electron chi connectivity index (χ3n) is 3.78. The van der Waals surface area contributed by atoms with Crippen molar-refractivity contribution >= 4 is 17.9 Å². The average Bonchev–Trinajstić information content (AvgIpc) is 2.80. The molecule has 0 aromatic heterocycles. The minimum atomic E-state index is -0.970. The average molecular weight is 337 g/mol. The van der Waals surface area contributed by atoms with Crippen LogP contribution in [0.4, 0.5) is 9.18 Å². The molecule has 1 fully saturated rings. The molecule has 0 bridgehead atoms. The maximum atomic E-state index is 12.9. The van der Waals surface area contributed by atoms with Gasteiger partial charge < -0.3 is 20.2 Å². The topological polar surface area (TPSA) is 89.9 Å². The van der Waals surface area contributed by atoms with E-state index in [1.807, 2.05) is 0 Å². The number of hydrogen-bond donors (Lipinski definition) is 2. The first-order valence-corrected chi connectivity index (χ1v) is 7.77. The number of amides is 3. The number of rotatable bonds is 4. The molecule has 1 aromatic rings. The Kier molecular flexibility index (Phi) is 6.11. The van der Waals surface area contributed by atoms with E-state index in [-0.39, 0.29) is 24.9 Å². The molecule has 2 rings (SSSR count). The summed E-state index contributed by atoms with van der Waals surface area (Å²) >= 11 is 0. The number of halogens is 1. The Balaban J connectivity index is 1.87. The van der Waals surface area contributed by atoms with Crippen molar-refractivity contribution in [3.63, 3.8) is 0 Å². The summed E-state index contributed by atoms with van der Waals surface area (Å²) in [5, 5.41) is 11.1. The van der Waals surface area contributed by atoms with Gasteiger partial charge in [0.2, 0.25) is 0 Å². The molecule has 0 saturated carbocycles. The second-order valence-corrected chi connectivity index (χ2v) is 5.52. The van der Waals surface area contributed by atoms with E-state index >= 15 is 0 Å². The molecular formula is C16H20FN3O4. The predicted molar refractivity (Wildman–Crippen MR) is 84.1 cm³/mol. The van der Waals surface area contributed by atoms with Crippen molar-refractivity contribution < 1.29 is 23.9 Å². The van der Waals surface area contributed by atoms with Crippen molar-refractivity contribution in [2.45, 2.75) is 12.8 Å². The molecule has 0 aliphatic carbocycles. The van der Waals surface area contributed by atoms with E-state index in [0.717, 1.165) is 0 Å². The number of carboxylic acid groups (broad SMARTS) is 1. The first kappa shape index (κ1) is 17.7. The number of aliphatic carboxylic acids is 1. The second-order valence-electron chi connectivity index (χ2n) is 5.52. The minimum Gasteiger partial charge on any atom is -0.481 e. The van der Waals surface area contributed by atoms with Crippen molar-refractivity contribution in [1.82, 2.24) is 15.1 Å². The van der Waals surface area contributed by atoms with Crippen LogP contribution in [0.3, 0.4) is 0 Å². The van der Waals surface area contributed by atoms with Crippen molar-refractivity contribution in [2.24, 2.45) is 0 Å². The molecule has 0 unspecified atom stereocenters. The van der Waals surface area contributed by atoms with Gasteiger partial charge in [-0.2, -0.15) is 0 Å². The molecule has 2 N–H and O–H groups in total. The monoisotopic (exact) mass is 337 g/mol. The highest BCUT2D eigenvalue weighted by molar-refractivity contribution is 5.94. The van der Waals surface area contributed by atoms with Crippen LogP contribution in [0, 0.1) is 5.82 Å². The molecule has 1 aliphatic heterocycles. The number of carbonyl (C=O) groups is 3. The van der Waals surface area contributed by atoms with Crippen molar-refractivity contribution in [3.05, 3.63) is 35.6 Å². The summed E-state index contributed by atoms with van der Waals surface area (Å²) in [4.78, 5) is 38.1. The lowest BCUT2D eigenvalue weighted by atomic mass is 10.2. The molecule has 0 radical (unpaired) electrons. The quantitative estimate of drug-likeness (QED) is 0.863. The smallest absolute Gasteiger partial charge is 0.317 e. The minimum absolute atomic E-state index is 0.0723. The van der Waals surface area contributed by atoms with Gasteiger partial charge in [-0.05, 0) is 30.7 Å². The predicted octanol–water partition coefficient (Wildman–Crippen LogP) is 1.16. The van der Waals surface area contributed by atoms with Crippen LogP contribution >= 0.6 is 0 Å². The second kappa shape index (κ2) is 8.28. The Morgan fingerprint density at radius 1 is 1.04 bits per heavy atom. The van der Waals surface area contributed by atoms with E-state index in [2.05, 4.69) is 5.32 Å². The van der Waals surface area contributed by atoms with E-state index in [4.69, 9.17) is 5.11 Å². The summed E-state index contributed by atoms with van der Waals surface area (Å²) in [5.74, 6) is -1.56. The largest absolute Gasteiger partial charge is 0.481 e. The Morgan fingerprint density at radius 2 is 1.67 bits per heavy atom. The maximum Gasteiger partial charge on any atom is 0.317 e. The summed E-state index contributed by atoms with van der Waals surface area (Å²) in [6.07, 6.45) is 0.494. The van der Waals surface area contributed by atoms with Crippen molar-refractivity contribution in [1.29, 1.82) is 0 Å². The van der Waals surface area contributed by atoms with Gasteiger partial charge in [0.25, 0.3) is 5.91 Å². The molecule has 8 heteroatoms. The third kappa shape index (κ3) is 4.94. The van der Waals surface area contributed by atoms with Crippen LogP contribution in [0.5, 0.6) is 0 Å². The number of carboxylic acids is 1. The first-order valence-electron chi connectivity index (χ1n) is 7.77. The Hall–Kier alpha value is -2.64. The SMILES string of the molecule is O=C(O)CCNC(=O)N1CCCN(C(=O)c2ccc(F)cc2)CC1. The van der Waals surface area contributed by atoms with Crippen LogP contribution in [0.2, 0.25) is 0 Å². The number of urea groups is 1. The zero-order chi connectivity index (χ0) is 17.5. The molecule has 0 atom stereocenters. The molecule has 3 amide bonds. The fourth-order valence-electron chi connectivity index (χ4n) is 2.49. The van der Waals surface area contributed by atoms with Gasteiger partial charge in [0, 0.05) is 38.3 Å². The van der Waals surface area contributed by atoms with Crippen LogP contribution < -0.4 is 5.32 Å². The van der Waals surface area contributed by atoms with Gasteiger partial charge in [-0.15, -0.1) is 0 Å². The van der Waals surface area contributed by atoms with Crippen LogP contribution in [0.15, 0.2) is 24.3 Å². The van der Waals surface area contributed by atoms with Crippen LogP contribution in [-0.2, 0) is 4.79 Å². The number of carbonyl (C=O) groups excluding carboxylic acids is 2. The molecule has 1 aromatic carbocycles. The van der Waals surface area contributed by atoms with E-state index in [1.54, 1.807) is 9.80 Å². The highest BCUT2D eigenvalue weighted by atomic mass is 19.1. The summed E-state index contributed by atoms with van der Waals surface area (Å²) in [6.45, 7) is 1.82. The van der Waals surface area contributed by atoms with Gasteiger partial charge in [0.05, 0.1) is 6.42 Å². The lowest BCUT2D eigenvalue weighted by molar-refractivity contribution is -0.136. The Bertz CT molecular complexity index is 606. The fraction of sp³-hybridized carbons (Fsp3) is 0.438. The highest BCUT2D eigenvalue weighted by Gasteiger charge is 2.22. The summed E-state index contributed by atoms with van der Waals surface area (Å²) in [5.41, 5.74) is 0.413. The lowest BCUT2D eigenvalue weighted by Crippen LogP contribution is -2.43. The Morgan fingerprint density at radius 3 is 2.33 bits per heavy atom. The summed E-state index contributed by atoms with van der Waals surface area (Å²) in [6, 6.07) is 5.05. The Labute approximate surface area is 139 Å².